The van der Waals surface area contributed by atoms with Crippen LogP contribution in [-0.4, -0.2) is 23.8 Å². The van der Waals surface area contributed by atoms with Crippen molar-refractivity contribution in [3.63, 3.8) is 0 Å². The number of benzene rings is 1. The number of amides is 1. The fourth-order valence-corrected chi connectivity index (χ4v) is 2.82. The Bertz CT molecular complexity index is 470. The number of alkyl carbamates (subject to hydrolysis) is 1. The molecule has 1 aromatic carbocycles. The first-order valence-electron chi connectivity index (χ1n) is 7.25. The Labute approximate surface area is 129 Å². The number of halogens is 1. The van der Waals surface area contributed by atoms with Crippen LogP contribution in [0.25, 0.3) is 0 Å². The number of ether oxygens (including phenoxy) is 1. The Morgan fingerprint density at radius 3 is 2.43 bits per heavy atom. The van der Waals surface area contributed by atoms with Crippen LogP contribution in [0.4, 0.5) is 4.79 Å². The van der Waals surface area contributed by atoms with Gasteiger partial charge in [-0.15, -0.1) is 11.6 Å². The smallest absolute Gasteiger partial charge is 0.407 e. The molecule has 2 rings (SSSR count). The van der Waals surface area contributed by atoms with E-state index < -0.39 is 6.09 Å². The lowest BCUT2D eigenvalue weighted by Crippen LogP contribution is -2.39. The number of rotatable bonds is 5. The van der Waals surface area contributed by atoms with Crippen LogP contribution in [0, 0.1) is 5.92 Å². The van der Waals surface area contributed by atoms with Gasteiger partial charge in [0.1, 0.15) is 6.61 Å². The minimum atomic E-state index is -0.397. The van der Waals surface area contributed by atoms with E-state index in [0.29, 0.717) is 0 Å². The summed E-state index contributed by atoms with van der Waals surface area (Å²) in [6.07, 6.45) is 2.78. The van der Waals surface area contributed by atoms with Crippen molar-refractivity contribution in [3.8, 4) is 0 Å². The molecule has 0 aliphatic heterocycles. The molecule has 0 aromatic heterocycles. The topological polar surface area (TPSA) is 55.4 Å². The van der Waals surface area contributed by atoms with Gasteiger partial charge in [-0.1, -0.05) is 30.3 Å². The van der Waals surface area contributed by atoms with Gasteiger partial charge in [-0.3, -0.25) is 4.79 Å². The maximum atomic E-state index is 11.7. The predicted molar refractivity (Wildman–Crippen MR) is 81.2 cm³/mol. The monoisotopic (exact) mass is 309 g/mol. The fourth-order valence-electron chi connectivity index (χ4n) is 2.60. The molecule has 1 aliphatic carbocycles. The molecule has 1 N–H and O–H groups in total. The van der Waals surface area contributed by atoms with E-state index in [0.717, 1.165) is 31.2 Å². The zero-order valence-electron chi connectivity index (χ0n) is 11.9. The molecule has 4 nitrogen and oxygen atoms in total. The highest BCUT2D eigenvalue weighted by Gasteiger charge is 2.26. The number of nitrogens with one attached hydrogen (secondary N) is 1. The molecule has 0 bridgehead atoms. The van der Waals surface area contributed by atoms with E-state index in [1.165, 1.54) is 0 Å². The second-order valence-corrected chi connectivity index (χ2v) is 5.62. The van der Waals surface area contributed by atoms with E-state index in [2.05, 4.69) is 5.32 Å². The minimum absolute atomic E-state index is 0.0564. The van der Waals surface area contributed by atoms with Crippen molar-refractivity contribution in [1.29, 1.82) is 0 Å². The third-order valence-electron chi connectivity index (χ3n) is 3.85. The number of Topliss-reactive ketones (excluding diaryl/α,β-unsaturated/α-hetero) is 1. The molecule has 0 spiro atoms. The zero-order chi connectivity index (χ0) is 15.1. The number of hydrogen-bond donors (Lipinski definition) is 1. The molecule has 0 atom stereocenters. The Hall–Kier alpha value is -1.55. The summed E-state index contributed by atoms with van der Waals surface area (Å²) in [4.78, 5) is 23.2. The summed E-state index contributed by atoms with van der Waals surface area (Å²) in [7, 11) is 0. The van der Waals surface area contributed by atoms with E-state index in [-0.39, 0.29) is 30.2 Å². The van der Waals surface area contributed by atoms with Crippen LogP contribution in [0.3, 0.4) is 0 Å². The third kappa shape index (κ3) is 5.05. The summed E-state index contributed by atoms with van der Waals surface area (Å²) in [6, 6.07) is 9.65. The second kappa shape index (κ2) is 8.03. The van der Waals surface area contributed by atoms with Gasteiger partial charge >= 0.3 is 6.09 Å². The van der Waals surface area contributed by atoms with Crippen LogP contribution in [0.2, 0.25) is 0 Å². The Morgan fingerprint density at radius 2 is 1.81 bits per heavy atom. The average Bonchev–Trinajstić information content (AvgIpc) is 2.54. The quantitative estimate of drug-likeness (QED) is 0.849. The van der Waals surface area contributed by atoms with Crippen molar-refractivity contribution in [2.75, 3.05) is 5.88 Å². The van der Waals surface area contributed by atoms with Gasteiger partial charge in [0, 0.05) is 12.0 Å². The molecule has 21 heavy (non-hydrogen) atoms. The lowest BCUT2D eigenvalue weighted by atomic mass is 9.84. The summed E-state index contributed by atoms with van der Waals surface area (Å²) in [5.74, 6) is 0.254. The third-order valence-corrected chi connectivity index (χ3v) is 4.11. The molecule has 0 radical (unpaired) electrons. The van der Waals surface area contributed by atoms with Gasteiger partial charge in [0.15, 0.2) is 5.78 Å². The average molecular weight is 310 g/mol. The molecule has 1 saturated carbocycles. The number of hydrogen-bond acceptors (Lipinski definition) is 3. The first kappa shape index (κ1) is 15.8. The first-order chi connectivity index (χ1) is 10.2. The van der Waals surface area contributed by atoms with Gasteiger partial charge in [0.25, 0.3) is 0 Å². The van der Waals surface area contributed by atoms with Crippen molar-refractivity contribution in [2.24, 2.45) is 5.92 Å². The standard InChI is InChI=1S/C16H20ClNO3/c17-10-15(19)13-6-8-14(9-7-13)18-16(20)21-11-12-4-2-1-3-5-12/h1-5,13-14H,6-11H2,(H,18,20)/t13-,14-. The maximum absolute atomic E-state index is 11.7. The van der Waals surface area contributed by atoms with Gasteiger partial charge < -0.3 is 10.1 Å². The van der Waals surface area contributed by atoms with Crippen molar-refractivity contribution in [2.45, 2.75) is 38.3 Å². The summed E-state index contributed by atoms with van der Waals surface area (Å²) < 4.78 is 5.19. The highest BCUT2D eigenvalue weighted by molar-refractivity contribution is 6.27. The molecule has 1 aliphatic rings. The molecule has 114 valence electrons. The molecule has 5 heteroatoms. The molecule has 1 fully saturated rings. The minimum Gasteiger partial charge on any atom is -0.445 e. The van der Waals surface area contributed by atoms with Gasteiger partial charge in [-0.05, 0) is 31.2 Å². The van der Waals surface area contributed by atoms with Crippen molar-refractivity contribution < 1.29 is 14.3 Å². The summed E-state index contributed by atoms with van der Waals surface area (Å²) in [5, 5.41) is 2.86. The lowest BCUT2D eigenvalue weighted by molar-refractivity contribution is -0.121. The van der Waals surface area contributed by atoms with Crippen molar-refractivity contribution in [3.05, 3.63) is 35.9 Å². The van der Waals surface area contributed by atoms with Crippen LogP contribution >= 0.6 is 11.6 Å². The SMILES string of the molecule is O=C(N[C@H]1CC[C@H](C(=O)CCl)CC1)OCc1ccccc1. The van der Waals surface area contributed by atoms with Gasteiger partial charge in [0.2, 0.25) is 0 Å². The van der Waals surface area contributed by atoms with Crippen LogP contribution in [0.5, 0.6) is 0 Å². The van der Waals surface area contributed by atoms with Crippen LogP contribution in [-0.2, 0) is 16.1 Å². The Kier molecular flexibility index (Phi) is 6.05. The van der Waals surface area contributed by atoms with Crippen molar-refractivity contribution >= 4 is 23.5 Å². The van der Waals surface area contributed by atoms with Crippen LogP contribution in [0.15, 0.2) is 30.3 Å². The van der Waals surface area contributed by atoms with E-state index >= 15 is 0 Å². The Morgan fingerprint density at radius 1 is 1.14 bits per heavy atom. The molecule has 0 unspecified atom stereocenters. The first-order valence-corrected chi connectivity index (χ1v) is 7.78. The van der Waals surface area contributed by atoms with Gasteiger partial charge in [-0.25, -0.2) is 4.79 Å². The highest BCUT2D eigenvalue weighted by Crippen LogP contribution is 2.25. The summed E-state index contributed by atoms with van der Waals surface area (Å²) >= 11 is 5.57. The number of alkyl halides is 1. The van der Waals surface area contributed by atoms with E-state index in [9.17, 15) is 9.59 Å². The van der Waals surface area contributed by atoms with E-state index in [4.69, 9.17) is 16.3 Å². The van der Waals surface area contributed by atoms with Gasteiger partial charge in [0.05, 0.1) is 5.88 Å². The molecule has 1 aromatic rings. The predicted octanol–water partition coefficient (Wildman–Crippen LogP) is 3.28. The normalized spacial score (nSPS) is 21.6. The number of ketones is 1. The number of carbonyl (C=O) groups is 2. The summed E-state index contributed by atoms with van der Waals surface area (Å²) in [6.45, 7) is 0.271. The number of carbonyl (C=O) groups excluding carboxylic acids is 2. The Balaban J connectivity index is 1.68. The van der Waals surface area contributed by atoms with E-state index in [1.807, 2.05) is 30.3 Å². The maximum Gasteiger partial charge on any atom is 0.407 e. The van der Waals surface area contributed by atoms with Crippen LogP contribution in [0.1, 0.15) is 31.2 Å². The van der Waals surface area contributed by atoms with Gasteiger partial charge in [-0.2, -0.15) is 0 Å². The highest BCUT2D eigenvalue weighted by atomic mass is 35.5. The lowest BCUT2D eigenvalue weighted by Gasteiger charge is -2.27. The zero-order valence-corrected chi connectivity index (χ0v) is 12.6. The molecule has 1 amide bonds. The molecular weight excluding hydrogens is 290 g/mol. The molecule has 0 saturated heterocycles. The summed E-state index contributed by atoms with van der Waals surface area (Å²) in [5.41, 5.74) is 0.962. The van der Waals surface area contributed by atoms with Crippen LogP contribution < -0.4 is 5.32 Å². The van der Waals surface area contributed by atoms with E-state index in [1.54, 1.807) is 0 Å². The molecular formula is C16H20ClNO3. The fraction of sp³-hybridized carbons (Fsp3) is 0.500. The molecule has 0 heterocycles. The largest absolute Gasteiger partial charge is 0.445 e. The second-order valence-electron chi connectivity index (χ2n) is 5.35. The van der Waals surface area contributed by atoms with Crippen molar-refractivity contribution in [1.82, 2.24) is 5.32 Å².